The first-order valence-corrected chi connectivity index (χ1v) is 9.86. The monoisotopic (exact) mass is 360 g/mol. The number of rotatable bonds is 1. The van der Waals surface area contributed by atoms with E-state index in [0.29, 0.717) is 19.8 Å². The Balaban J connectivity index is 0.000000515. The van der Waals surface area contributed by atoms with Crippen molar-refractivity contribution in [2.75, 3.05) is 13.2 Å². The molecule has 1 saturated heterocycles. The molecule has 0 radical (unpaired) electrons. The highest BCUT2D eigenvalue weighted by atomic mass is 19.1. The van der Waals surface area contributed by atoms with Crippen LogP contribution in [0.1, 0.15) is 64.2 Å². The maximum Gasteiger partial charge on any atom is 0.127 e. The fourth-order valence-corrected chi connectivity index (χ4v) is 2.86. The molecule has 2 aromatic carbocycles. The van der Waals surface area contributed by atoms with E-state index < -0.39 is 0 Å². The van der Waals surface area contributed by atoms with Crippen molar-refractivity contribution >= 4 is 0 Å². The van der Waals surface area contributed by atoms with Crippen LogP contribution in [0.3, 0.4) is 0 Å². The van der Waals surface area contributed by atoms with Crippen LogP contribution in [0, 0.1) is 12.7 Å². The van der Waals surface area contributed by atoms with Crippen molar-refractivity contribution in [1.29, 1.82) is 0 Å². The van der Waals surface area contributed by atoms with Crippen molar-refractivity contribution in [1.82, 2.24) is 0 Å². The van der Waals surface area contributed by atoms with Gasteiger partial charge in [0.1, 0.15) is 18.2 Å². The van der Waals surface area contributed by atoms with Crippen molar-refractivity contribution in [3.8, 4) is 16.9 Å². The van der Waals surface area contributed by atoms with Crippen LogP contribution in [0.5, 0.6) is 5.75 Å². The standard InChI is InChI=1S/C17H15FO2.3C2H6/c1-10-2-3-13-14-6-15(12-7-19-8-12)16(18)5-11(14)9-20-17(13)4-10;3*1-2/h2-6,12H,7-9H2,1H3;3*1-2H3. The number of hydrogen-bond donors (Lipinski definition) is 0. The quantitative estimate of drug-likeness (QED) is 0.551. The van der Waals surface area contributed by atoms with Crippen LogP contribution in [-0.2, 0) is 11.3 Å². The molecule has 26 heavy (non-hydrogen) atoms. The zero-order chi connectivity index (χ0) is 19.7. The third kappa shape index (κ3) is 4.64. The zero-order valence-electron chi connectivity index (χ0n) is 17.3. The molecule has 3 heteroatoms. The summed E-state index contributed by atoms with van der Waals surface area (Å²) in [5, 5.41) is 0. The second kappa shape index (κ2) is 11.0. The molecule has 2 aromatic rings. The lowest BCUT2D eigenvalue weighted by Gasteiger charge is -2.29. The van der Waals surface area contributed by atoms with E-state index in [1.54, 1.807) is 6.07 Å². The molecule has 0 aromatic heterocycles. The Morgan fingerprint density at radius 2 is 1.54 bits per heavy atom. The lowest BCUT2D eigenvalue weighted by Crippen LogP contribution is -2.26. The molecule has 2 aliphatic heterocycles. The van der Waals surface area contributed by atoms with Gasteiger partial charge in [-0.05, 0) is 41.8 Å². The molecular weight excluding hydrogens is 327 g/mol. The number of fused-ring (bicyclic) bond motifs is 3. The summed E-state index contributed by atoms with van der Waals surface area (Å²) in [5.41, 5.74) is 5.00. The van der Waals surface area contributed by atoms with Gasteiger partial charge in [0.25, 0.3) is 0 Å². The van der Waals surface area contributed by atoms with Crippen LogP contribution in [0.25, 0.3) is 11.1 Å². The topological polar surface area (TPSA) is 18.5 Å². The van der Waals surface area contributed by atoms with E-state index in [9.17, 15) is 4.39 Å². The molecule has 2 heterocycles. The fraction of sp³-hybridized carbons (Fsp3) is 0.478. The maximum absolute atomic E-state index is 14.2. The summed E-state index contributed by atoms with van der Waals surface area (Å²) < 4.78 is 25.1. The summed E-state index contributed by atoms with van der Waals surface area (Å²) >= 11 is 0. The molecule has 0 atom stereocenters. The number of ether oxygens (including phenoxy) is 2. The van der Waals surface area contributed by atoms with Gasteiger partial charge in [0.2, 0.25) is 0 Å². The van der Waals surface area contributed by atoms with Gasteiger partial charge in [-0.3, -0.25) is 0 Å². The molecule has 1 fully saturated rings. The van der Waals surface area contributed by atoms with Gasteiger partial charge < -0.3 is 9.47 Å². The minimum atomic E-state index is -0.142. The molecule has 0 aliphatic carbocycles. The first-order valence-electron chi connectivity index (χ1n) is 9.86. The number of hydrogen-bond acceptors (Lipinski definition) is 2. The minimum absolute atomic E-state index is 0.142. The summed E-state index contributed by atoms with van der Waals surface area (Å²) in [6.45, 7) is 15.7. The number of aryl methyl sites for hydroxylation is 1. The molecule has 0 saturated carbocycles. The van der Waals surface area contributed by atoms with E-state index in [1.807, 2.05) is 60.6 Å². The van der Waals surface area contributed by atoms with E-state index in [-0.39, 0.29) is 11.7 Å². The summed E-state index contributed by atoms with van der Waals surface area (Å²) in [5.74, 6) is 0.938. The largest absolute Gasteiger partial charge is 0.488 e. The van der Waals surface area contributed by atoms with Crippen molar-refractivity contribution in [2.45, 2.75) is 61.0 Å². The first-order chi connectivity index (χ1) is 12.7. The van der Waals surface area contributed by atoms with E-state index in [2.05, 4.69) is 12.1 Å². The summed E-state index contributed by atoms with van der Waals surface area (Å²) in [6.07, 6.45) is 0. The van der Waals surface area contributed by atoms with Crippen LogP contribution >= 0.6 is 0 Å². The summed E-state index contributed by atoms with van der Waals surface area (Å²) in [7, 11) is 0. The molecule has 0 spiro atoms. The Bertz CT molecular complexity index is 691. The van der Waals surface area contributed by atoms with Crippen LogP contribution in [0.4, 0.5) is 4.39 Å². The van der Waals surface area contributed by atoms with Crippen molar-refractivity contribution in [3.63, 3.8) is 0 Å². The molecule has 0 amide bonds. The lowest BCUT2D eigenvalue weighted by molar-refractivity contribution is 0.00703. The molecule has 2 nitrogen and oxygen atoms in total. The number of benzene rings is 2. The summed E-state index contributed by atoms with van der Waals surface area (Å²) in [6, 6.07) is 9.75. The van der Waals surface area contributed by atoms with E-state index in [0.717, 1.165) is 28.0 Å². The van der Waals surface area contributed by atoms with Crippen molar-refractivity contribution in [3.05, 3.63) is 52.8 Å². The predicted octanol–water partition coefficient (Wildman–Crippen LogP) is 6.89. The molecule has 2 aliphatic rings. The third-order valence-electron chi connectivity index (χ3n) is 4.11. The summed E-state index contributed by atoms with van der Waals surface area (Å²) in [4.78, 5) is 0. The SMILES string of the molecule is CC.CC.CC.Cc1ccc2c(c1)OCc1cc(F)c(C3COC3)cc1-2. The second-order valence-corrected chi connectivity index (χ2v) is 5.55. The Hall–Kier alpha value is -1.87. The van der Waals surface area contributed by atoms with Gasteiger partial charge in [0.05, 0.1) is 13.2 Å². The minimum Gasteiger partial charge on any atom is -0.488 e. The molecule has 0 bridgehead atoms. The fourth-order valence-electron chi connectivity index (χ4n) is 2.86. The molecule has 4 rings (SSSR count). The third-order valence-corrected chi connectivity index (χ3v) is 4.11. The van der Waals surface area contributed by atoms with Crippen molar-refractivity contribution in [2.24, 2.45) is 0 Å². The predicted molar refractivity (Wildman–Crippen MR) is 109 cm³/mol. The lowest BCUT2D eigenvalue weighted by atomic mass is 9.89. The smallest absolute Gasteiger partial charge is 0.127 e. The molecule has 0 N–H and O–H groups in total. The van der Waals surface area contributed by atoms with E-state index in [4.69, 9.17) is 9.47 Å². The van der Waals surface area contributed by atoms with Crippen LogP contribution in [0.2, 0.25) is 0 Å². The van der Waals surface area contributed by atoms with Crippen LogP contribution < -0.4 is 4.74 Å². The molecular formula is C23H33FO2. The van der Waals surface area contributed by atoms with E-state index >= 15 is 0 Å². The normalized spacial score (nSPS) is 13.7. The van der Waals surface area contributed by atoms with Gasteiger partial charge in [-0.25, -0.2) is 4.39 Å². The highest BCUT2D eigenvalue weighted by Gasteiger charge is 2.27. The average molecular weight is 361 g/mol. The van der Waals surface area contributed by atoms with Gasteiger partial charge >= 0.3 is 0 Å². The van der Waals surface area contributed by atoms with Crippen molar-refractivity contribution < 1.29 is 13.9 Å². The number of halogens is 1. The highest BCUT2D eigenvalue weighted by Crippen LogP contribution is 2.40. The van der Waals surface area contributed by atoms with Gasteiger partial charge in [-0.15, -0.1) is 0 Å². The highest BCUT2D eigenvalue weighted by molar-refractivity contribution is 5.76. The van der Waals surface area contributed by atoms with Gasteiger partial charge in [-0.1, -0.05) is 53.7 Å². The Kier molecular flexibility index (Phi) is 9.36. The Morgan fingerprint density at radius 1 is 0.885 bits per heavy atom. The van der Waals surface area contributed by atoms with Crippen LogP contribution in [-0.4, -0.2) is 13.2 Å². The van der Waals surface area contributed by atoms with E-state index in [1.165, 1.54) is 5.56 Å². The van der Waals surface area contributed by atoms with Gasteiger partial charge in [0.15, 0.2) is 0 Å². The molecule has 144 valence electrons. The first kappa shape index (κ1) is 22.2. The van der Waals surface area contributed by atoms with Gasteiger partial charge in [0, 0.05) is 17.0 Å². The zero-order valence-corrected chi connectivity index (χ0v) is 17.3. The van der Waals surface area contributed by atoms with Gasteiger partial charge in [-0.2, -0.15) is 0 Å². The van der Waals surface area contributed by atoms with Crippen LogP contribution in [0.15, 0.2) is 30.3 Å². The average Bonchev–Trinajstić information content (AvgIpc) is 2.66. The Morgan fingerprint density at radius 3 is 2.12 bits per heavy atom. The second-order valence-electron chi connectivity index (χ2n) is 5.55. The Labute approximate surface area is 158 Å². The molecule has 0 unspecified atom stereocenters. The maximum atomic E-state index is 14.2.